The van der Waals surface area contributed by atoms with Gasteiger partial charge in [-0.25, -0.2) is 0 Å². The zero-order chi connectivity index (χ0) is 13.1. The Morgan fingerprint density at radius 1 is 1.11 bits per heavy atom. The number of piperidine rings is 1. The lowest BCUT2D eigenvalue weighted by Gasteiger charge is -2.39. The van der Waals surface area contributed by atoms with Crippen molar-refractivity contribution in [3.8, 4) is 0 Å². The summed E-state index contributed by atoms with van der Waals surface area (Å²) in [5.41, 5.74) is 1.58. The third kappa shape index (κ3) is 3.39. The number of hydrogen-bond donors (Lipinski definition) is 0. The number of likely N-dealkylation sites (tertiary alicyclic amines) is 1. The van der Waals surface area contributed by atoms with Crippen LogP contribution in [-0.2, 0) is 0 Å². The van der Waals surface area contributed by atoms with Gasteiger partial charge in [-0.2, -0.15) is 0 Å². The molecule has 0 spiro atoms. The maximum atomic E-state index is 2.75. The minimum Gasteiger partial charge on any atom is -0.303 e. The summed E-state index contributed by atoms with van der Waals surface area (Å²) < 4.78 is 0. The molecule has 2 aliphatic rings. The van der Waals surface area contributed by atoms with Gasteiger partial charge in [0.25, 0.3) is 0 Å². The summed E-state index contributed by atoms with van der Waals surface area (Å²) in [7, 11) is 0. The monoisotopic (exact) mass is 257 g/mol. The van der Waals surface area contributed by atoms with E-state index in [1.807, 2.05) is 0 Å². The molecule has 1 aliphatic heterocycles. The zero-order valence-corrected chi connectivity index (χ0v) is 12.2. The lowest BCUT2D eigenvalue weighted by molar-refractivity contribution is 0.141. The normalized spacial score (nSPS) is 28.5. The van der Waals surface area contributed by atoms with E-state index in [9.17, 15) is 0 Å². The van der Waals surface area contributed by atoms with Crippen molar-refractivity contribution in [2.75, 3.05) is 19.6 Å². The van der Waals surface area contributed by atoms with Gasteiger partial charge < -0.3 is 4.90 Å². The number of rotatable bonds is 5. The number of hydrogen-bond acceptors (Lipinski definition) is 1. The minimum atomic E-state index is 0.802. The van der Waals surface area contributed by atoms with E-state index in [1.54, 1.807) is 5.56 Å². The topological polar surface area (TPSA) is 3.24 Å². The number of benzene rings is 1. The second-order valence-corrected chi connectivity index (χ2v) is 6.56. The van der Waals surface area contributed by atoms with Crippen LogP contribution in [0.15, 0.2) is 30.3 Å². The molecule has 104 valence electrons. The molecular formula is C18H27N. The molecule has 1 aliphatic carbocycles. The summed E-state index contributed by atoms with van der Waals surface area (Å²) in [6.45, 7) is 6.36. The fourth-order valence-electron chi connectivity index (χ4n) is 3.74. The third-order valence-corrected chi connectivity index (χ3v) is 4.92. The molecule has 1 aromatic carbocycles. The highest BCUT2D eigenvalue weighted by Gasteiger charge is 2.32. The van der Waals surface area contributed by atoms with Gasteiger partial charge in [0.2, 0.25) is 0 Å². The van der Waals surface area contributed by atoms with Gasteiger partial charge in [-0.1, -0.05) is 43.7 Å². The predicted molar refractivity (Wildman–Crippen MR) is 81.4 cm³/mol. The highest BCUT2D eigenvalue weighted by Crippen LogP contribution is 2.37. The molecule has 0 aromatic heterocycles. The first kappa shape index (κ1) is 13.2. The Labute approximate surface area is 118 Å². The highest BCUT2D eigenvalue weighted by atomic mass is 15.1. The van der Waals surface area contributed by atoms with Crippen molar-refractivity contribution in [1.82, 2.24) is 4.90 Å². The zero-order valence-electron chi connectivity index (χ0n) is 12.2. The third-order valence-electron chi connectivity index (χ3n) is 4.92. The van der Waals surface area contributed by atoms with Gasteiger partial charge in [-0.05, 0) is 55.5 Å². The van der Waals surface area contributed by atoms with E-state index in [0.717, 1.165) is 17.8 Å². The Kier molecular flexibility index (Phi) is 4.22. The fraction of sp³-hybridized carbons (Fsp3) is 0.667. The Balaban J connectivity index is 1.66. The molecule has 1 heteroatoms. The minimum absolute atomic E-state index is 0.802. The average Bonchev–Trinajstić information content (AvgIpc) is 3.24. The molecule has 0 radical (unpaired) electrons. The molecule has 1 nitrogen and oxygen atoms in total. The van der Waals surface area contributed by atoms with E-state index in [1.165, 1.54) is 51.7 Å². The number of nitrogens with zero attached hydrogens (tertiary/aromatic N) is 1. The van der Waals surface area contributed by atoms with E-state index < -0.39 is 0 Å². The maximum Gasteiger partial charge on any atom is 0.00156 e. The standard InChI is InChI=1S/C18H27N/c1-2-6-17-14-19(13-15-9-10-15)12-11-18(17)16-7-4-3-5-8-16/h3-5,7-8,15,17-18H,2,6,9-14H2,1H3. The molecule has 2 unspecified atom stereocenters. The Bertz CT molecular complexity index is 382. The average molecular weight is 257 g/mol. The van der Waals surface area contributed by atoms with Crippen LogP contribution in [0, 0.1) is 11.8 Å². The predicted octanol–water partition coefficient (Wildman–Crippen LogP) is 4.30. The van der Waals surface area contributed by atoms with Gasteiger partial charge in [0, 0.05) is 13.1 Å². The first-order valence-electron chi connectivity index (χ1n) is 8.14. The summed E-state index contributed by atoms with van der Waals surface area (Å²) in [6.07, 6.45) is 7.04. The second-order valence-electron chi connectivity index (χ2n) is 6.56. The first-order valence-corrected chi connectivity index (χ1v) is 8.14. The van der Waals surface area contributed by atoms with Gasteiger partial charge >= 0.3 is 0 Å². The van der Waals surface area contributed by atoms with E-state index in [4.69, 9.17) is 0 Å². The Hall–Kier alpha value is -0.820. The van der Waals surface area contributed by atoms with Crippen LogP contribution in [0.3, 0.4) is 0 Å². The largest absolute Gasteiger partial charge is 0.303 e. The van der Waals surface area contributed by atoms with Crippen LogP contribution < -0.4 is 0 Å². The molecule has 1 saturated heterocycles. The molecule has 2 fully saturated rings. The highest BCUT2D eigenvalue weighted by molar-refractivity contribution is 5.21. The van der Waals surface area contributed by atoms with E-state index in [-0.39, 0.29) is 0 Å². The van der Waals surface area contributed by atoms with Crippen molar-refractivity contribution < 1.29 is 0 Å². The van der Waals surface area contributed by atoms with Crippen LogP contribution >= 0.6 is 0 Å². The lowest BCUT2D eigenvalue weighted by Crippen LogP contribution is -2.40. The van der Waals surface area contributed by atoms with Crippen molar-refractivity contribution in [2.45, 2.75) is 44.9 Å². The molecule has 3 rings (SSSR count). The van der Waals surface area contributed by atoms with Crippen molar-refractivity contribution >= 4 is 0 Å². The quantitative estimate of drug-likeness (QED) is 0.760. The van der Waals surface area contributed by atoms with Crippen molar-refractivity contribution in [3.63, 3.8) is 0 Å². The van der Waals surface area contributed by atoms with Crippen LogP contribution in [-0.4, -0.2) is 24.5 Å². The maximum absolute atomic E-state index is 2.75. The van der Waals surface area contributed by atoms with Gasteiger partial charge in [0.15, 0.2) is 0 Å². The molecule has 0 bridgehead atoms. The van der Waals surface area contributed by atoms with Gasteiger partial charge in [-0.15, -0.1) is 0 Å². The summed E-state index contributed by atoms with van der Waals surface area (Å²) in [4.78, 5) is 2.75. The summed E-state index contributed by atoms with van der Waals surface area (Å²) in [6, 6.07) is 11.2. The van der Waals surface area contributed by atoms with Crippen LogP contribution in [0.4, 0.5) is 0 Å². The summed E-state index contributed by atoms with van der Waals surface area (Å²) >= 11 is 0. The van der Waals surface area contributed by atoms with Gasteiger partial charge in [-0.3, -0.25) is 0 Å². The molecule has 1 saturated carbocycles. The molecule has 1 heterocycles. The first-order chi connectivity index (χ1) is 9.36. The van der Waals surface area contributed by atoms with Crippen LogP contribution in [0.1, 0.15) is 50.5 Å². The van der Waals surface area contributed by atoms with E-state index >= 15 is 0 Å². The van der Waals surface area contributed by atoms with E-state index in [2.05, 4.69) is 42.2 Å². The molecule has 2 atom stereocenters. The molecule has 0 N–H and O–H groups in total. The molecular weight excluding hydrogens is 230 g/mol. The SMILES string of the molecule is CCCC1CN(CC2CC2)CCC1c1ccccc1. The van der Waals surface area contributed by atoms with Crippen molar-refractivity contribution in [3.05, 3.63) is 35.9 Å². The van der Waals surface area contributed by atoms with Crippen molar-refractivity contribution in [2.24, 2.45) is 11.8 Å². The molecule has 0 amide bonds. The van der Waals surface area contributed by atoms with E-state index in [0.29, 0.717) is 0 Å². The van der Waals surface area contributed by atoms with Crippen LogP contribution in [0.5, 0.6) is 0 Å². The lowest BCUT2D eigenvalue weighted by atomic mass is 9.78. The van der Waals surface area contributed by atoms with Gasteiger partial charge in [0.1, 0.15) is 0 Å². The second kappa shape index (κ2) is 6.09. The van der Waals surface area contributed by atoms with Crippen LogP contribution in [0.2, 0.25) is 0 Å². The summed E-state index contributed by atoms with van der Waals surface area (Å²) in [5, 5.41) is 0. The Morgan fingerprint density at radius 3 is 2.58 bits per heavy atom. The van der Waals surface area contributed by atoms with Crippen molar-refractivity contribution in [1.29, 1.82) is 0 Å². The Morgan fingerprint density at radius 2 is 1.89 bits per heavy atom. The van der Waals surface area contributed by atoms with Crippen LogP contribution in [0.25, 0.3) is 0 Å². The van der Waals surface area contributed by atoms with Gasteiger partial charge in [0.05, 0.1) is 0 Å². The summed E-state index contributed by atoms with van der Waals surface area (Å²) in [5.74, 6) is 2.71. The molecule has 19 heavy (non-hydrogen) atoms. The smallest absolute Gasteiger partial charge is 0.00156 e. The fourth-order valence-corrected chi connectivity index (χ4v) is 3.74. The molecule has 1 aromatic rings.